The number of hydrogen-bond donors (Lipinski definition) is 0. The van der Waals surface area contributed by atoms with E-state index in [0.29, 0.717) is 52.3 Å². The third-order valence-corrected chi connectivity index (χ3v) is 7.65. The number of benzene rings is 3. The monoisotopic (exact) mass is 551 g/mol. The highest BCUT2D eigenvalue weighted by Gasteiger charge is 2.35. The summed E-state index contributed by atoms with van der Waals surface area (Å²) >= 11 is 13.1. The number of carbonyl (C=O) groups is 3. The van der Waals surface area contributed by atoms with Gasteiger partial charge >= 0.3 is 0 Å². The van der Waals surface area contributed by atoms with Gasteiger partial charge in [-0.3, -0.25) is 19.3 Å². The standard InChI is InChI=1S/C28H23Cl2N3O3S/c29-22-7-2-5-20(15-22)18-33-27(35)25(37-28(33)36)16-19-4-1-6-21(14-19)26(34)32-12-10-31(11-13-32)24-9-3-8-23(30)17-24/h1-9,14-17H,10-13,18H2/b25-16-. The highest BCUT2D eigenvalue weighted by atomic mass is 35.5. The van der Waals surface area contributed by atoms with Crippen LogP contribution in [0.4, 0.5) is 10.5 Å². The first-order valence-corrected chi connectivity index (χ1v) is 13.3. The topological polar surface area (TPSA) is 60.9 Å². The maximum atomic E-state index is 13.2. The van der Waals surface area contributed by atoms with Gasteiger partial charge in [0.15, 0.2) is 0 Å². The number of carbonyl (C=O) groups excluding carboxylic acids is 3. The predicted octanol–water partition coefficient (Wildman–Crippen LogP) is 6.19. The average molecular weight is 552 g/mol. The lowest BCUT2D eigenvalue weighted by atomic mass is 10.1. The molecule has 6 nitrogen and oxygen atoms in total. The van der Waals surface area contributed by atoms with Crippen molar-refractivity contribution in [2.75, 3.05) is 31.1 Å². The first-order chi connectivity index (χ1) is 17.9. The third kappa shape index (κ3) is 5.85. The lowest BCUT2D eigenvalue weighted by molar-refractivity contribution is -0.123. The number of rotatable bonds is 5. The fourth-order valence-electron chi connectivity index (χ4n) is 4.39. The Morgan fingerprint density at radius 2 is 1.57 bits per heavy atom. The van der Waals surface area contributed by atoms with E-state index in [9.17, 15) is 14.4 Å². The number of amides is 3. The predicted molar refractivity (Wildman–Crippen MR) is 149 cm³/mol. The zero-order valence-electron chi connectivity index (χ0n) is 19.8. The molecule has 0 spiro atoms. The number of nitrogens with zero attached hydrogens (tertiary/aromatic N) is 3. The minimum atomic E-state index is -0.358. The Balaban J connectivity index is 1.25. The van der Waals surface area contributed by atoms with Crippen molar-refractivity contribution in [3.8, 4) is 0 Å². The molecular weight excluding hydrogens is 529 g/mol. The summed E-state index contributed by atoms with van der Waals surface area (Å²) < 4.78 is 0. The van der Waals surface area contributed by atoms with E-state index < -0.39 is 0 Å². The van der Waals surface area contributed by atoms with E-state index in [-0.39, 0.29) is 23.6 Å². The molecule has 0 radical (unpaired) electrons. The minimum Gasteiger partial charge on any atom is -0.368 e. The van der Waals surface area contributed by atoms with Crippen molar-refractivity contribution < 1.29 is 14.4 Å². The van der Waals surface area contributed by atoms with Gasteiger partial charge in [0.1, 0.15) is 0 Å². The first kappa shape index (κ1) is 25.4. The van der Waals surface area contributed by atoms with Crippen molar-refractivity contribution in [2.24, 2.45) is 0 Å². The van der Waals surface area contributed by atoms with E-state index in [4.69, 9.17) is 23.2 Å². The number of imide groups is 1. The van der Waals surface area contributed by atoms with E-state index in [1.807, 2.05) is 41.3 Å². The summed E-state index contributed by atoms with van der Waals surface area (Å²) in [6, 6.07) is 21.9. The van der Waals surface area contributed by atoms with Crippen LogP contribution < -0.4 is 4.90 Å². The summed E-state index contributed by atoms with van der Waals surface area (Å²) in [5, 5.41) is 0.906. The van der Waals surface area contributed by atoms with Gasteiger partial charge in [-0.15, -0.1) is 0 Å². The Morgan fingerprint density at radius 3 is 2.30 bits per heavy atom. The number of hydrogen-bond acceptors (Lipinski definition) is 5. The fraction of sp³-hybridized carbons (Fsp3) is 0.179. The Morgan fingerprint density at radius 1 is 0.865 bits per heavy atom. The maximum Gasteiger partial charge on any atom is 0.293 e. The quantitative estimate of drug-likeness (QED) is 0.353. The molecule has 0 aromatic heterocycles. The molecule has 2 fully saturated rings. The number of anilines is 1. The molecule has 5 rings (SSSR count). The minimum absolute atomic E-state index is 0.0601. The van der Waals surface area contributed by atoms with Gasteiger partial charge < -0.3 is 9.80 Å². The largest absolute Gasteiger partial charge is 0.368 e. The molecule has 2 saturated heterocycles. The molecule has 9 heteroatoms. The molecule has 188 valence electrons. The second-order valence-corrected chi connectivity index (χ2v) is 10.6. The highest BCUT2D eigenvalue weighted by Crippen LogP contribution is 2.33. The molecule has 2 aliphatic rings. The molecular formula is C28H23Cl2N3O3S. The van der Waals surface area contributed by atoms with Crippen LogP contribution in [0, 0.1) is 0 Å². The molecule has 3 aromatic carbocycles. The van der Waals surface area contributed by atoms with Crippen LogP contribution in [-0.4, -0.2) is 53.0 Å². The average Bonchev–Trinajstić information content (AvgIpc) is 3.16. The van der Waals surface area contributed by atoms with E-state index in [1.54, 1.807) is 42.5 Å². The first-order valence-electron chi connectivity index (χ1n) is 11.8. The molecule has 2 aliphatic heterocycles. The van der Waals surface area contributed by atoms with Crippen LogP contribution in [0.3, 0.4) is 0 Å². The summed E-state index contributed by atoms with van der Waals surface area (Å²) in [6.07, 6.45) is 1.66. The summed E-state index contributed by atoms with van der Waals surface area (Å²) in [7, 11) is 0. The summed E-state index contributed by atoms with van der Waals surface area (Å²) in [5.74, 6) is -0.418. The van der Waals surface area contributed by atoms with Gasteiger partial charge in [0.25, 0.3) is 17.1 Å². The zero-order valence-corrected chi connectivity index (χ0v) is 22.1. The van der Waals surface area contributed by atoms with Crippen LogP contribution in [0.15, 0.2) is 77.7 Å². The van der Waals surface area contributed by atoms with E-state index in [2.05, 4.69) is 4.90 Å². The molecule has 0 N–H and O–H groups in total. The van der Waals surface area contributed by atoms with Crippen molar-refractivity contribution in [2.45, 2.75) is 6.54 Å². The van der Waals surface area contributed by atoms with Crippen LogP contribution in [0.2, 0.25) is 10.0 Å². The summed E-state index contributed by atoms with van der Waals surface area (Å²) in [6.45, 7) is 2.77. The Kier molecular flexibility index (Phi) is 7.55. The summed E-state index contributed by atoms with van der Waals surface area (Å²) in [4.78, 5) is 44.2. The molecule has 0 bridgehead atoms. The zero-order chi connectivity index (χ0) is 25.9. The maximum absolute atomic E-state index is 13.2. The van der Waals surface area contributed by atoms with Crippen molar-refractivity contribution in [1.29, 1.82) is 0 Å². The molecule has 0 atom stereocenters. The Hall–Kier alpha value is -3.26. The van der Waals surface area contributed by atoms with Gasteiger partial charge in [-0.25, -0.2) is 0 Å². The van der Waals surface area contributed by atoms with Crippen molar-refractivity contribution in [3.63, 3.8) is 0 Å². The molecule has 0 aliphatic carbocycles. The van der Waals surface area contributed by atoms with Gasteiger partial charge in [0, 0.05) is 47.5 Å². The number of piperazine rings is 1. The smallest absolute Gasteiger partial charge is 0.293 e. The second-order valence-electron chi connectivity index (χ2n) is 8.78. The van der Waals surface area contributed by atoms with Crippen LogP contribution in [0.5, 0.6) is 0 Å². The van der Waals surface area contributed by atoms with Gasteiger partial charge in [0.05, 0.1) is 11.4 Å². The van der Waals surface area contributed by atoms with Gasteiger partial charge in [-0.1, -0.05) is 53.5 Å². The van der Waals surface area contributed by atoms with Gasteiger partial charge in [-0.05, 0) is 71.4 Å². The SMILES string of the molecule is O=C(c1cccc(/C=C2\SC(=O)N(Cc3cccc(Cl)c3)C2=O)c1)N1CCN(c2cccc(Cl)c2)CC1. The number of thioether (sulfide) groups is 1. The van der Waals surface area contributed by atoms with Crippen molar-refractivity contribution >= 4 is 63.8 Å². The van der Waals surface area contributed by atoms with Gasteiger partial charge in [0.2, 0.25) is 0 Å². The Labute approximate surface area is 229 Å². The van der Waals surface area contributed by atoms with Crippen LogP contribution >= 0.6 is 35.0 Å². The molecule has 3 amide bonds. The molecule has 3 aromatic rings. The molecule has 0 unspecified atom stereocenters. The van der Waals surface area contributed by atoms with E-state index in [1.165, 1.54) is 4.90 Å². The molecule has 0 saturated carbocycles. The fourth-order valence-corrected chi connectivity index (χ4v) is 5.63. The lowest BCUT2D eigenvalue weighted by Crippen LogP contribution is -2.48. The van der Waals surface area contributed by atoms with Crippen molar-refractivity contribution in [3.05, 3.63) is 104 Å². The Bertz CT molecular complexity index is 1400. The molecule has 2 heterocycles. The lowest BCUT2D eigenvalue weighted by Gasteiger charge is -2.36. The second kappa shape index (κ2) is 11.0. The van der Waals surface area contributed by atoms with Crippen LogP contribution in [0.25, 0.3) is 6.08 Å². The van der Waals surface area contributed by atoms with Crippen LogP contribution in [0.1, 0.15) is 21.5 Å². The normalized spacial score (nSPS) is 17.1. The van der Waals surface area contributed by atoms with E-state index in [0.717, 1.165) is 23.0 Å². The van der Waals surface area contributed by atoms with Crippen LogP contribution in [-0.2, 0) is 11.3 Å². The van der Waals surface area contributed by atoms with Gasteiger partial charge in [-0.2, -0.15) is 0 Å². The summed E-state index contributed by atoms with van der Waals surface area (Å²) in [5.41, 5.74) is 3.06. The van der Waals surface area contributed by atoms with Crippen molar-refractivity contribution in [1.82, 2.24) is 9.80 Å². The third-order valence-electron chi connectivity index (χ3n) is 6.27. The number of halogens is 2. The van der Waals surface area contributed by atoms with E-state index >= 15 is 0 Å². The molecule has 37 heavy (non-hydrogen) atoms. The highest BCUT2D eigenvalue weighted by molar-refractivity contribution is 8.18.